The number of piperazine rings is 1. The van der Waals surface area contributed by atoms with Crippen LogP contribution in [0, 0.1) is 5.82 Å². The van der Waals surface area contributed by atoms with Crippen LogP contribution in [-0.4, -0.2) is 92.6 Å². The fraction of sp³-hybridized carbons (Fsp3) is 0.517. The molecule has 0 N–H and O–H groups in total. The molecule has 2 aromatic carbocycles. The molecule has 3 aliphatic rings. The summed E-state index contributed by atoms with van der Waals surface area (Å²) < 4.78 is 137. The van der Waals surface area contributed by atoms with E-state index in [9.17, 15) is 53.1 Å². The van der Waals surface area contributed by atoms with Crippen molar-refractivity contribution in [2.45, 2.75) is 59.9 Å². The second-order valence-corrected chi connectivity index (χ2v) is 13.8. The predicted octanol–water partition coefficient (Wildman–Crippen LogP) is 4.50. The van der Waals surface area contributed by atoms with E-state index in [0.29, 0.717) is 38.3 Å². The fourth-order valence-electron chi connectivity index (χ4n) is 6.86. The minimum absolute atomic E-state index is 0.101. The van der Waals surface area contributed by atoms with E-state index in [4.69, 9.17) is 0 Å². The lowest BCUT2D eigenvalue weighted by Gasteiger charge is -2.43. The number of carbonyl (C=O) groups is 2. The van der Waals surface area contributed by atoms with Crippen LogP contribution in [0.5, 0.6) is 0 Å². The van der Waals surface area contributed by atoms with Crippen LogP contribution in [0.1, 0.15) is 36.5 Å². The number of benzene rings is 2. The van der Waals surface area contributed by atoms with Crippen LogP contribution < -0.4 is 0 Å². The van der Waals surface area contributed by atoms with Crippen molar-refractivity contribution >= 4 is 21.7 Å². The highest BCUT2D eigenvalue weighted by molar-refractivity contribution is 7.92. The average molecular weight is 668 g/mol. The number of alkyl halides is 7. The summed E-state index contributed by atoms with van der Waals surface area (Å²) in [6.07, 6.45) is -13.4. The Balaban J connectivity index is 1.57. The first kappa shape index (κ1) is 33.1. The number of likely N-dealkylation sites (tertiary alicyclic amines) is 1. The van der Waals surface area contributed by atoms with Crippen molar-refractivity contribution in [3.05, 3.63) is 65.0 Å². The van der Waals surface area contributed by atoms with E-state index in [0.717, 1.165) is 30.3 Å². The van der Waals surface area contributed by atoms with E-state index in [1.165, 1.54) is 11.8 Å². The SMILES string of the molecule is CC(=O)N1CCN(CC(=O)N2CC[C@@]3(S(=O)(=O)c4ccc(F)cc4)c4ccc(C(F)(C(F)(F)F)C(F)(F)F)cc4CC[C@@H]23)CC1. The Morgan fingerprint density at radius 2 is 1.49 bits per heavy atom. The van der Waals surface area contributed by atoms with E-state index < -0.39 is 55.9 Å². The molecule has 0 unspecified atom stereocenters. The second kappa shape index (κ2) is 11.2. The van der Waals surface area contributed by atoms with Crippen molar-refractivity contribution in [3.63, 3.8) is 0 Å². The number of nitrogens with zero attached hydrogens (tertiary/aromatic N) is 3. The summed E-state index contributed by atoms with van der Waals surface area (Å²) in [5.74, 6) is -1.30. The van der Waals surface area contributed by atoms with E-state index in [2.05, 4.69) is 0 Å². The second-order valence-electron chi connectivity index (χ2n) is 11.5. The van der Waals surface area contributed by atoms with Crippen LogP contribution in [0.4, 0.5) is 35.1 Å². The molecule has 2 amide bonds. The normalized spacial score (nSPS) is 23.1. The summed E-state index contributed by atoms with van der Waals surface area (Å²) in [6.45, 7) is 2.76. The monoisotopic (exact) mass is 667 g/mol. The largest absolute Gasteiger partial charge is 0.435 e. The van der Waals surface area contributed by atoms with Crippen molar-refractivity contribution in [2.24, 2.45) is 0 Å². The fourth-order valence-corrected chi connectivity index (χ4v) is 9.22. The third-order valence-corrected chi connectivity index (χ3v) is 11.7. The number of hydrogen-bond acceptors (Lipinski definition) is 5. The van der Waals surface area contributed by atoms with E-state index in [-0.39, 0.29) is 54.3 Å². The molecule has 2 fully saturated rings. The van der Waals surface area contributed by atoms with Crippen molar-refractivity contribution in [1.29, 1.82) is 0 Å². The lowest BCUT2D eigenvalue weighted by Crippen LogP contribution is -2.55. The van der Waals surface area contributed by atoms with Gasteiger partial charge in [0, 0.05) is 45.2 Å². The summed E-state index contributed by atoms with van der Waals surface area (Å²) in [4.78, 5) is 29.7. The molecule has 2 saturated heterocycles. The zero-order chi connectivity index (χ0) is 33.2. The molecule has 45 heavy (non-hydrogen) atoms. The number of sulfone groups is 1. The van der Waals surface area contributed by atoms with Gasteiger partial charge in [-0.15, -0.1) is 0 Å². The predicted molar refractivity (Wildman–Crippen MR) is 144 cm³/mol. The van der Waals surface area contributed by atoms with Crippen molar-refractivity contribution < 1.29 is 53.1 Å². The molecule has 5 rings (SSSR count). The molecule has 1 aliphatic carbocycles. The highest BCUT2D eigenvalue weighted by atomic mass is 32.2. The number of aryl methyl sites for hydroxylation is 1. The van der Waals surface area contributed by atoms with E-state index in [1.807, 2.05) is 0 Å². The maximum absolute atomic E-state index is 15.0. The Hall–Kier alpha value is -3.27. The van der Waals surface area contributed by atoms with Gasteiger partial charge in [0.15, 0.2) is 9.84 Å². The number of carbonyl (C=O) groups excluding carboxylic acids is 2. The summed E-state index contributed by atoms with van der Waals surface area (Å²) in [6, 6.07) is 4.20. The molecular weight excluding hydrogens is 638 g/mol. The maximum atomic E-state index is 15.0. The van der Waals surface area contributed by atoms with Crippen LogP contribution in [0.15, 0.2) is 47.4 Å². The molecule has 0 radical (unpaired) electrons. The molecular formula is C29H29F8N3O4S. The van der Waals surface area contributed by atoms with Crippen molar-refractivity contribution in [3.8, 4) is 0 Å². The molecule has 246 valence electrons. The lowest BCUT2D eigenvalue weighted by atomic mass is 9.76. The van der Waals surface area contributed by atoms with E-state index >= 15 is 0 Å². The average Bonchev–Trinajstić information content (AvgIpc) is 3.38. The molecule has 0 bridgehead atoms. The van der Waals surface area contributed by atoms with Gasteiger partial charge in [-0.1, -0.05) is 18.2 Å². The summed E-state index contributed by atoms with van der Waals surface area (Å²) >= 11 is 0. The molecule has 7 nitrogen and oxygen atoms in total. The van der Waals surface area contributed by atoms with Crippen LogP contribution >= 0.6 is 0 Å². The Kier molecular flexibility index (Phi) is 8.25. The highest BCUT2D eigenvalue weighted by Crippen LogP contribution is 2.56. The molecule has 2 aliphatic heterocycles. The number of halogens is 8. The lowest BCUT2D eigenvalue weighted by molar-refractivity contribution is -0.348. The molecule has 0 saturated carbocycles. The van der Waals surface area contributed by atoms with Crippen molar-refractivity contribution in [2.75, 3.05) is 39.3 Å². The van der Waals surface area contributed by atoms with Gasteiger partial charge in [-0.3, -0.25) is 14.5 Å². The van der Waals surface area contributed by atoms with E-state index in [1.54, 1.807) is 9.80 Å². The van der Waals surface area contributed by atoms with Gasteiger partial charge in [0.05, 0.1) is 17.5 Å². The van der Waals surface area contributed by atoms with Crippen LogP contribution in [0.25, 0.3) is 0 Å². The Labute approximate surface area is 253 Å². The summed E-state index contributed by atoms with van der Waals surface area (Å²) in [5.41, 5.74) is -7.80. The number of amides is 2. The Morgan fingerprint density at radius 3 is 2.04 bits per heavy atom. The Morgan fingerprint density at radius 1 is 0.889 bits per heavy atom. The van der Waals surface area contributed by atoms with Gasteiger partial charge >= 0.3 is 18.0 Å². The maximum Gasteiger partial charge on any atom is 0.435 e. The van der Waals surface area contributed by atoms with Gasteiger partial charge < -0.3 is 9.80 Å². The van der Waals surface area contributed by atoms with Gasteiger partial charge in [-0.05, 0) is 54.7 Å². The molecule has 2 heterocycles. The van der Waals surface area contributed by atoms with Gasteiger partial charge in [0.1, 0.15) is 10.6 Å². The number of fused-ring (bicyclic) bond motifs is 3. The van der Waals surface area contributed by atoms with Crippen LogP contribution in [0.3, 0.4) is 0 Å². The van der Waals surface area contributed by atoms with Crippen LogP contribution in [0.2, 0.25) is 0 Å². The molecule has 0 aromatic heterocycles. The highest BCUT2D eigenvalue weighted by Gasteiger charge is 2.74. The minimum atomic E-state index is -6.36. The first-order valence-electron chi connectivity index (χ1n) is 14.1. The quantitative estimate of drug-likeness (QED) is 0.347. The zero-order valence-corrected chi connectivity index (χ0v) is 24.7. The standard InChI is InChI=1S/C29H29F8N3O4S/c1-18(41)39-14-12-38(13-15-39)17-25(42)40-11-10-26(45(43,44)22-6-4-21(30)5-7-22)23-8-3-20(16-19(23)2-9-24(26)40)27(31,28(32,33)34)29(35,36)37/h3-8,16,24H,2,9-15,17H2,1H3/t24-,26-/m1/s1. The minimum Gasteiger partial charge on any atom is -0.340 e. The third kappa shape index (κ3) is 5.26. The van der Waals surface area contributed by atoms with Gasteiger partial charge in [-0.2, -0.15) is 26.3 Å². The van der Waals surface area contributed by atoms with Gasteiger partial charge in [-0.25, -0.2) is 17.2 Å². The molecule has 2 aromatic rings. The van der Waals surface area contributed by atoms with Gasteiger partial charge in [0.2, 0.25) is 11.8 Å². The van der Waals surface area contributed by atoms with Gasteiger partial charge in [0.25, 0.3) is 0 Å². The molecule has 0 spiro atoms. The topological polar surface area (TPSA) is 78.0 Å². The molecule has 2 atom stereocenters. The summed E-state index contributed by atoms with van der Waals surface area (Å²) in [7, 11) is -4.57. The third-order valence-electron chi connectivity index (χ3n) is 9.17. The van der Waals surface area contributed by atoms with Crippen LogP contribution in [-0.2, 0) is 36.3 Å². The number of hydrogen-bond donors (Lipinski definition) is 0. The summed E-state index contributed by atoms with van der Waals surface area (Å²) in [5, 5.41) is 0. The molecule has 16 heteroatoms. The number of rotatable bonds is 5. The zero-order valence-electron chi connectivity index (χ0n) is 23.9. The first-order valence-corrected chi connectivity index (χ1v) is 15.6. The smallest absolute Gasteiger partial charge is 0.340 e. The van der Waals surface area contributed by atoms with Crippen molar-refractivity contribution in [1.82, 2.24) is 14.7 Å². The first-order chi connectivity index (χ1) is 20.8. The Bertz CT molecular complexity index is 1570.